The number of rotatable bonds is 6. The second kappa shape index (κ2) is 6.57. The molecule has 0 aliphatic rings. The average Bonchev–Trinajstić information content (AvgIpc) is 2.09. The maximum atomic E-state index is 11.6. The molecule has 0 amide bonds. The SMILES string of the molecule is OCOC/C(COCC(F)(F)F)=N\O. The number of halogens is 3. The molecule has 8 heteroatoms. The topological polar surface area (TPSA) is 71.3 Å². The lowest BCUT2D eigenvalue weighted by atomic mass is 10.4. The van der Waals surface area contributed by atoms with E-state index in [0.29, 0.717) is 0 Å². The van der Waals surface area contributed by atoms with Crippen LogP contribution in [0.4, 0.5) is 13.2 Å². The molecule has 0 aromatic heterocycles. The molecular formula is C6H10F3NO4. The third-order valence-corrected chi connectivity index (χ3v) is 1.04. The first kappa shape index (κ1) is 13.1. The highest BCUT2D eigenvalue weighted by atomic mass is 19.4. The summed E-state index contributed by atoms with van der Waals surface area (Å²) in [7, 11) is 0. The van der Waals surface area contributed by atoms with Crippen molar-refractivity contribution in [2.24, 2.45) is 5.16 Å². The average molecular weight is 217 g/mol. The number of aliphatic hydroxyl groups is 1. The lowest BCUT2D eigenvalue weighted by molar-refractivity contribution is -0.170. The number of hydrogen-bond acceptors (Lipinski definition) is 5. The van der Waals surface area contributed by atoms with Crippen molar-refractivity contribution < 1.29 is 33.0 Å². The Balaban J connectivity index is 3.64. The zero-order chi connectivity index (χ0) is 11.0. The van der Waals surface area contributed by atoms with Crippen LogP contribution in [0.1, 0.15) is 0 Å². The zero-order valence-electron chi connectivity index (χ0n) is 7.12. The Morgan fingerprint density at radius 3 is 2.21 bits per heavy atom. The van der Waals surface area contributed by atoms with Crippen LogP contribution in [0.15, 0.2) is 5.16 Å². The van der Waals surface area contributed by atoms with Gasteiger partial charge in [0.05, 0.1) is 13.2 Å². The van der Waals surface area contributed by atoms with Gasteiger partial charge < -0.3 is 19.8 Å². The predicted molar refractivity (Wildman–Crippen MR) is 39.1 cm³/mol. The molecule has 0 fully saturated rings. The van der Waals surface area contributed by atoms with Crippen LogP contribution >= 0.6 is 0 Å². The van der Waals surface area contributed by atoms with E-state index >= 15 is 0 Å². The van der Waals surface area contributed by atoms with Crippen molar-refractivity contribution in [3.05, 3.63) is 0 Å². The summed E-state index contributed by atoms with van der Waals surface area (Å²) in [5, 5.41) is 19.1. The number of hydrogen-bond donors (Lipinski definition) is 2. The van der Waals surface area contributed by atoms with Crippen molar-refractivity contribution in [3.63, 3.8) is 0 Å². The van der Waals surface area contributed by atoms with E-state index in [0.717, 1.165) is 0 Å². The normalized spacial score (nSPS) is 13.3. The molecule has 0 bridgehead atoms. The van der Waals surface area contributed by atoms with Gasteiger partial charge in [0, 0.05) is 0 Å². The number of aliphatic hydroxyl groups excluding tert-OH is 1. The van der Waals surface area contributed by atoms with Gasteiger partial charge in [-0.15, -0.1) is 0 Å². The highest BCUT2D eigenvalue weighted by Crippen LogP contribution is 2.14. The lowest BCUT2D eigenvalue weighted by Crippen LogP contribution is -2.22. The maximum Gasteiger partial charge on any atom is 0.411 e. The van der Waals surface area contributed by atoms with E-state index in [9.17, 15) is 13.2 Å². The van der Waals surface area contributed by atoms with Crippen molar-refractivity contribution in [2.75, 3.05) is 26.6 Å². The fourth-order valence-corrected chi connectivity index (χ4v) is 0.547. The van der Waals surface area contributed by atoms with Crippen LogP contribution in [0.3, 0.4) is 0 Å². The molecule has 0 saturated heterocycles. The zero-order valence-corrected chi connectivity index (χ0v) is 7.12. The first-order valence-electron chi connectivity index (χ1n) is 3.52. The molecular weight excluding hydrogens is 207 g/mol. The van der Waals surface area contributed by atoms with Gasteiger partial charge in [0.1, 0.15) is 19.1 Å². The van der Waals surface area contributed by atoms with E-state index in [1.165, 1.54) is 0 Å². The van der Waals surface area contributed by atoms with Crippen molar-refractivity contribution >= 4 is 5.71 Å². The van der Waals surface area contributed by atoms with E-state index in [1.54, 1.807) is 0 Å². The number of alkyl halides is 3. The molecule has 0 spiro atoms. The third kappa shape index (κ3) is 7.77. The van der Waals surface area contributed by atoms with Gasteiger partial charge >= 0.3 is 6.18 Å². The molecule has 0 aromatic rings. The summed E-state index contributed by atoms with van der Waals surface area (Å²) in [6, 6.07) is 0. The summed E-state index contributed by atoms with van der Waals surface area (Å²) in [5.41, 5.74) is -0.136. The largest absolute Gasteiger partial charge is 0.411 e. The Bertz CT molecular complexity index is 182. The second-order valence-corrected chi connectivity index (χ2v) is 2.25. The Morgan fingerprint density at radius 2 is 1.79 bits per heavy atom. The minimum Gasteiger partial charge on any atom is -0.411 e. The summed E-state index contributed by atoms with van der Waals surface area (Å²) in [5.74, 6) is 0. The van der Waals surface area contributed by atoms with Crippen molar-refractivity contribution in [2.45, 2.75) is 6.18 Å². The molecule has 5 nitrogen and oxygen atoms in total. The fraction of sp³-hybridized carbons (Fsp3) is 0.833. The van der Waals surface area contributed by atoms with Crippen molar-refractivity contribution in [1.82, 2.24) is 0 Å². The Labute approximate surface area is 77.7 Å². The summed E-state index contributed by atoms with van der Waals surface area (Å²) >= 11 is 0. The van der Waals surface area contributed by atoms with Crippen LogP contribution in [-0.2, 0) is 9.47 Å². The van der Waals surface area contributed by atoms with E-state index in [1.807, 2.05) is 0 Å². The van der Waals surface area contributed by atoms with E-state index in [2.05, 4.69) is 14.6 Å². The van der Waals surface area contributed by atoms with E-state index < -0.39 is 26.2 Å². The minimum absolute atomic E-state index is 0.136. The minimum atomic E-state index is -4.42. The van der Waals surface area contributed by atoms with Crippen LogP contribution in [0, 0.1) is 0 Å². The standard InChI is InChI=1S/C6H10F3NO4/c7-6(8,9)3-13-1-5(10-12)2-14-4-11/h11-12H,1-4H2/b10-5-. The molecule has 0 aromatic carbocycles. The fourth-order valence-electron chi connectivity index (χ4n) is 0.547. The Kier molecular flexibility index (Phi) is 6.17. The van der Waals surface area contributed by atoms with Gasteiger partial charge in [-0.3, -0.25) is 0 Å². The monoisotopic (exact) mass is 217 g/mol. The van der Waals surface area contributed by atoms with Crippen LogP contribution in [0.2, 0.25) is 0 Å². The van der Waals surface area contributed by atoms with Crippen LogP contribution in [0.5, 0.6) is 0 Å². The first-order valence-corrected chi connectivity index (χ1v) is 3.52. The predicted octanol–water partition coefficient (Wildman–Crippen LogP) is 0.362. The molecule has 0 saturated carbocycles. The van der Waals surface area contributed by atoms with E-state index in [4.69, 9.17) is 10.3 Å². The van der Waals surface area contributed by atoms with Gasteiger partial charge in [0.15, 0.2) is 0 Å². The molecule has 0 radical (unpaired) electrons. The Morgan fingerprint density at radius 1 is 1.21 bits per heavy atom. The van der Waals surface area contributed by atoms with Crippen LogP contribution in [0.25, 0.3) is 0 Å². The van der Waals surface area contributed by atoms with Crippen molar-refractivity contribution in [1.29, 1.82) is 0 Å². The molecule has 2 N–H and O–H groups in total. The maximum absolute atomic E-state index is 11.6. The third-order valence-electron chi connectivity index (χ3n) is 1.04. The lowest BCUT2D eigenvalue weighted by Gasteiger charge is -2.08. The molecule has 84 valence electrons. The van der Waals surface area contributed by atoms with Gasteiger partial charge in [-0.05, 0) is 0 Å². The molecule has 0 aliphatic carbocycles. The quantitative estimate of drug-likeness (QED) is 0.291. The summed E-state index contributed by atoms with van der Waals surface area (Å²) in [6.45, 7) is -2.83. The molecule has 0 atom stereocenters. The molecule has 0 heterocycles. The van der Waals surface area contributed by atoms with Gasteiger partial charge in [0.2, 0.25) is 0 Å². The summed E-state index contributed by atoms with van der Waals surface area (Å²) in [4.78, 5) is 0. The molecule has 0 rings (SSSR count). The highest BCUT2D eigenvalue weighted by Gasteiger charge is 2.27. The molecule has 0 unspecified atom stereocenters. The Hall–Kier alpha value is -0.860. The highest BCUT2D eigenvalue weighted by molar-refractivity contribution is 5.86. The number of ether oxygens (including phenoxy) is 2. The van der Waals surface area contributed by atoms with Crippen LogP contribution < -0.4 is 0 Å². The van der Waals surface area contributed by atoms with Gasteiger partial charge in [0.25, 0.3) is 0 Å². The molecule has 14 heavy (non-hydrogen) atoms. The van der Waals surface area contributed by atoms with Crippen LogP contribution in [-0.4, -0.2) is 48.8 Å². The van der Waals surface area contributed by atoms with Gasteiger partial charge in [-0.25, -0.2) is 0 Å². The first-order chi connectivity index (χ1) is 6.49. The van der Waals surface area contributed by atoms with Gasteiger partial charge in [-0.1, -0.05) is 5.16 Å². The molecule has 0 aliphatic heterocycles. The van der Waals surface area contributed by atoms with Crippen molar-refractivity contribution in [3.8, 4) is 0 Å². The second-order valence-electron chi connectivity index (χ2n) is 2.25. The van der Waals surface area contributed by atoms with E-state index in [-0.39, 0.29) is 12.3 Å². The van der Waals surface area contributed by atoms with Gasteiger partial charge in [-0.2, -0.15) is 13.2 Å². The number of nitrogens with zero attached hydrogens (tertiary/aromatic N) is 1. The number of oxime groups is 1. The summed E-state index contributed by atoms with van der Waals surface area (Å²) < 4.78 is 43.2. The smallest absolute Gasteiger partial charge is 0.411 e. The summed E-state index contributed by atoms with van der Waals surface area (Å²) in [6.07, 6.45) is -4.42.